The summed E-state index contributed by atoms with van der Waals surface area (Å²) in [4.78, 5) is 36.2. The monoisotopic (exact) mass is 468 g/mol. The predicted octanol–water partition coefficient (Wildman–Crippen LogP) is 4.60. The first kappa shape index (κ1) is 25.1. The topological polar surface area (TPSA) is 105 Å². The average molecular weight is 469 g/mol. The third kappa shape index (κ3) is 6.91. The number of rotatable bonds is 8. The normalized spacial score (nSPS) is 11.2. The van der Waals surface area contributed by atoms with Crippen molar-refractivity contribution in [2.75, 3.05) is 11.9 Å². The molecule has 3 N–H and O–H groups in total. The lowest BCUT2D eigenvalue weighted by molar-refractivity contribution is -0.128. The molecular weight excluding hydrogens is 446 g/mol. The summed E-state index contributed by atoms with van der Waals surface area (Å²) in [5.41, 5.74) is -0.0877. The Hall–Kier alpha value is -3.20. The molecule has 0 bridgehead atoms. The van der Waals surface area contributed by atoms with Crippen LogP contribution in [0.15, 0.2) is 36.4 Å². The maximum absolute atomic E-state index is 12.7. The molecule has 2 rings (SSSR count). The zero-order valence-corrected chi connectivity index (χ0v) is 18.4. The van der Waals surface area contributed by atoms with Crippen LogP contribution in [-0.2, 0) is 11.3 Å². The van der Waals surface area contributed by atoms with Crippen LogP contribution in [0, 0.1) is 5.41 Å². The Bertz CT molecular complexity index is 1020. The van der Waals surface area contributed by atoms with E-state index in [0.717, 1.165) is 6.07 Å². The first-order chi connectivity index (χ1) is 14.9. The van der Waals surface area contributed by atoms with Gasteiger partial charge in [-0.25, -0.2) is 13.6 Å². The molecule has 2 amide bonds. The van der Waals surface area contributed by atoms with Crippen molar-refractivity contribution in [2.24, 2.45) is 5.41 Å². The Morgan fingerprint density at radius 3 is 2.38 bits per heavy atom. The van der Waals surface area contributed by atoms with Gasteiger partial charge >= 0.3 is 5.97 Å². The van der Waals surface area contributed by atoms with Crippen molar-refractivity contribution in [1.29, 1.82) is 0 Å². The van der Waals surface area contributed by atoms with Crippen molar-refractivity contribution in [2.45, 2.75) is 33.7 Å². The molecule has 0 aliphatic heterocycles. The van der Waals surface area contributed by atoms with Gasteiger partial charge in [0.15, 0.2) is 0 Å². The fourth-order valence-electron chi connectivity index (χ4n) is 2.56. The smallest absolute Gasteiger partial charge is 0.339 e. The van der Waals surface area contributed by atoms with Crippen molar-refractivity contribution in [3.8, 4) is 5.75 Å². The van der Waals surface area contributed by atoms with E-state index in [1.165, 1.54) is 24.3 Å². The van der Waals surface area contributed by atoms with Gasteiger partial charge in [0.05, 0.1) is 10.6 Å². The van der Waals surface area contributed by atoms with Gasteiger partial charge in [-0.15, -0.1) is 0 Å². The van der Waals surface area contributed by atoms with Crippen LogP contribution in [0.4, 0.5) is 14.5 Å². The van der Waals surface area contributed by atoms with Crippen LogP contribution in [0.1, 0.15) is 47.1 Å². The summed E-state index contributed by atoms with van der Waals surface area (Å²) in [6.07, 6.45) is -2.77. The lowest BCUT2D eigenvalue weighted by Gasteiger charge is -2.18. The minimum Gasteiger partial charge on any atom is -0.487 e. The molecule has 2 aromatic carbocycles. The molecule has 0 spiro atoms. The molecule has 0 atom stereocenters. The molecule has 0 aliphatic carbocycles. The fraction of sp³-hybridized carbons (Fsp3) is 0.318. The van der Waals surface area contributed by atoms with Crippen LogP contribution >= 0.6 is 11.6 Å². The zero-order chi connectivity index (χ0) is 24.1. The van der Waals surface area contributed by atoms with Crippen molar-refractivity contribution in [1.82, 2.24) is 5.32 Å². The predicted molar refractivity (Wildman–Crippen MR) is 116 cm³/mol. The lowest BCUT2D eigenvalue weighted by Crippen LogP contribution is -2.34. The Kier molecular flexibility index (Phi) is 8.15. The first-order valence-corrected chi connectivity index (χ1v) is 9.92. The standard InChI is InChI=1S/C22H23ClF2N2O5/c1-22(2,3)21(31)26-10-12-4-6-16(23)14(8-12)19(28)27-13-5-7-17(32-11-18(24)25)15(9-13)20(29)30/h4-9,18H,10-11H2,1-3H3,(H,26,31)(H,27,28)(H,29,30). The number of aromatic carboxylic acids is 1. The second kappa shape index (κ2) is 10.4. The largest absolute Gasteiger partial charge is 0.487 e. The Balaban J connectivity index is 2.18. The number of carbonyl (C=O) groups excluding carboxylic acids is 2. The van der Waals surface area contributed by atoms with Gasteiger partial charge in [0.25, 0.3) is 12.3 Å². The molecule has 0 unspecified atom stereocenters. The number of carboxylic acids is 1. The highest BCUT2D eigenvalue weighted by molar-refractivity contribution is 6.34. The van der Waals surface area contributed by atoms with Gasteiger partial charge in [-0.05, 0) is 35.9 Å². The van der Waals surface area contributed by atoms with Crippen LogP contribution in [0.25, 0.3) is 0 Å². The zero-order valence-electron chi connectivity index (χ0n) is 17.7. The minimum absolute atomic E-state index is 0.110. The number of hydrogen-bond acceptors (Lipinski definition) is 4. The number of hydrogen-bond donors (Lipinski definition) is 3. The van der Waals surface area contributed by atoms with Gasteiger partial charge in [0.2, 0.25) is 5.91 Å². The van der Waals surface area contributed by atoms with E-state index in [1.54, 1.807) is 26.8 Å². The fourth-order valence-corrected chi connectivity index (χ4v) is 2.76. The van der Waals surface area contributed by atoms with E-state index in [9.17, 15) is 28.3 Å². The highest BCUT2D eigenvalue weighted by Crippen LogP contribution is 2.25. The summed E-state index contributed by atoms with van der Waals surface area (Å²) < 4.78 is 29.5. The number of halogens is 3. The van der Waals surface area contributed by atoms with Crippen LogP contribution < -0.4 is 15.4 Å². The van der Waals surface area contributed by atoms with Crippen molar-refractivity contribution in [3.63, 3.8) is 0 Å². The van der Waals surface area contributed by atoms with Crippen LogP contribution in [0.5, 0.6) is 5.75 Å². The van der Waals surface area contributed by atoms with E-state index in [-0.39, 0.29) is 40.0 Å². The molecule has 0 saturated carbocycles. The van der Waals surface area contributed by atoms with Gasteiger partial charge in [0, 0.05) is 17.6 Å². The van der Waals surface area contributed by atoms with Gasteiger partial charge in [-0.1, -0.05) is 38.4 Å². The number of alkyl halides is 2. The summed E-state index contributed by atoms with van der Waals surface area (Å²) >= 11 is 6.14. The number of amides is 2. The Labute approximate surface area is 188 Å². The molecular formula is C22H23ClF2N2O5. The minimum atomic E-state index is -2.77. The molecule has 7 nitrogen and oxygen atoms in total. The van der Waals surface area contributed by atoms with Crippen LogP contribution in [0.3, 0.4) is 0 Å². The van der Waals surface area contributed by atoms with E-state index in [2.05, 4.69) is 10.6 Å². The van der Waals surface area contributed by atoms with E-state index in [1.807, 2.05) is 0 Å². The number of benzene rings is 2. The molecule has 0 aromatic heterocycles. The SMILES string of the molecule is CC(C)(C)C(=O)NCc1ccc(Cl)c(C(=O)Nc2ccc(OCC(F)F)c(C(=O)O)c2)c1. The van der Waals surface area contributed by atoms with E-state index < -0.39 is 30.3 Å². The molecule has 0 aliphatic rings. The Morgan fingerprint density at radius 1 is 1.09 bits per heavy atom. The molecule has 0 saturated heterocycles. The molecule has 32 heavy (non-hydrogen) atoms. The maximum Gasteiger partial charge on any atom is 0.339 e. The van der Waals surface area contributed by atoms with E-state index in [0.29, 0.717) is 5.56 Å². The van der Waals surface area contributed by atoms with Gasteiger partial charge < -0.3 is 20.5 Å². The van der Waals surface area contributed by atoms with Crippen LogP contribution in [0.2, 0.25) is 5.02 Å². The quantitative estimate of drug-likeness (QED) is 0.525. The van der Waals surface area contributed by atoms with Crippen LogP contribution in [-0.4, -0.2) is 35.9 Å². The first-order valence-electron chi connectivity index (χ1n) is 9.55. The van der Waals surface area contributed by atoms with Gasteiger partial charge in [-0.2, -0.15) is 0 Å². The van der Waals surface area contributed by atoms with Gasteiger partial charge in [0.1, 0.15) is 17.9 Å². The number of ether oxygens (including phenoxy) is 1. The molecule has 2 aromatic rings. The maximum atomic E-state index is 12.7. The summed E-state index contributed by atoms with van der Waals surface area (Å²) in [7, 11) is 0. The van der Waals surface area contributed by atoms with Crippen molar-refractivity contribution < 1.29 is 33.0 Å². The summed E-state index contributed by atoms with van der Waals surface area (Å²) in [6, 6.07) is 8.30. The third-order valence-electron chi connectivity index (χ3n) is 4.24. The molecule has 172 valence electrons. The number of nitrogens with one attached hydrogen (secondary N) is 2. The Morgan fingerprint density at radius 2 is 1.78 bits per heavy atom. The lowest BCUT2D eigenvalue weighted by atomic mass is 9.95. The molecule has 0 radical (unpaired) electrons. The summed E-state index contributed by atoms with van der Waals surface area (Å²) in [5.74, 6) is -2.42. The van der Waals surface area contributed by atoms with E-state index >= 15 is 0 Å². The molecule has 10 heteroatoms. The third-order valence-corrected chi connectivity index (χ3v) is 4.57. The average Bonchev–Trinajstić information content (AvgIpc) is 2.70. The second-order valence-corrected chi connectivity index (χ2v) is 8.33. The number of carboxylic acid groups (broad SMARTS) is 1. The highest BCUT2D eigenvalue weighted by atomic mass is 35.5. The molecule has 0 heterocycles. The second-order valence-electron chi connectivity index (χ2n) is 7.92. The summed E-state index contributed by atoms with van der Waals surface area (Å²) in [5, 5.41) is 14.8. The van der Waals surface area contributed by atoms with Crippen molar-refractivity contribution in [3.05, 3.63) is 58.1 Å². The van der Waals surface area contributed by atoms with E-state index in [4.69, 9.17) is 16.3 Å². The molecule has 0 fully saturated rings. The summed E-state index contributed by atoms with van der Waals surface area (Å²) in [6.45, 7) is 4.56. The van der Waals surface area contributed by atoms with Gasteiger partial charge in [-0.3, -0.25) is 9.59 Å². The van der Waals surface area contributed by atoms with Crippen molar-refractivity contribution >= 4 is 35.1 Å². The number of anilines is 1. The highest BCUT2D eigenvalue weighted by Gasteiger charge is 2.21. The number of carbonyl (C=O) groups is 3.